The molecule has 2 aromatic carbocycles. The fraction of sp³-hybridized carbons (Fsp3) is 0.400. The first-order valence-electron chi connectivity index (χ1n) is 11.0. The van der Waals surface area contributed by atoms with Crippen molar-refractivity contribution in [2.75, 3.05) is 20.8 Å². The second kappa shape index (κ2) is 9.02. The summed E-state index contributed by atoms with van der Waals surface area (Å²) >= 11 is 0. The lowest BCUT2D eigenvalue weighted by molar-refractivity contribution is 0.0721. The van der Waals surface area contributed by atoms with E-state index in [1.165, 1.54) is 5.56 Å². The van der Waals surface area contributed by atoms with Crippen LogP contribution in [0.2, 0.25) is 0 Å². The third-order valence-electron chi connectivity index (χ3n) is 6.06. The van der Waals surface area contributed by atoms with Crippen molar-refractivity contribution in [2.24, 2.45) is 0 Å². The topological polar surface area (TPSA) is 69.5 Å². The van der Waals surface area contributed by atoms with Crippen LogP contribution in [0.4, 0.5) is 0 Å². The summed E-state index contributed by atoms with van der Waals surface area (Å²) in [5.41, 5.74) is 3.07. The fourth-order valence-corrected chi connectivity index (χ4v) is 4.44. The summed E-state index contributed by atoms with van der Waals surface area (Å²) in [4.78, 5) is 19.9. The van der Waals surface area contributed by atoms with Crippen molar-refractivity contribution in [2.45, 2.75) is 45.6 Å². The first-order valence-corrected chi connectivity index (χ1v) is 11.0. The molecule has 32 heavy (non-hydrogen) atoms. The zero-order valence-corrected chi connectivity index (χ0v) is 19.3. The van der Waals surface area contributed by atoms with Crippen molar-refractivity contribution in [3.05, 3.63) is 65.2 Å². The lowest BCUT2D eigenvalue weighted by atomic mass is 10.0. The highest BCUT2D eigenvalue weighted by atomic mass is 16.5. The van der Waals surface area contributed by atoms with Gasteiger partial charge in [-0.1, -0.05) is 32.0 Å². The van der Waals surface area contributed by atoms with Gasteiger partial charge in [0.05, 0.1) is 25.9 Å². The number of hydrogen-bond donors (Lipinski definition) is 0. The maximum absolute atomic E-state index is 13.5. The summed E-state index contributed by atoms with van der Waals surface area (Å²) in [6.45, 7) is 6.83. The Labute approximate surface area is 189 Å². The van der Waals surface area contributed by atoms with Gasteiger partial charge >= 0.3 is 0 Å². The minimum atomic E-state index is -0.166. The van der Waals surface area contributed by atoms with Gasteiger partial charge in [0.1, 0.15) is 17.3 Å². The number of likely N-dealkylation sites (tertiary alicyclic amines) is 1. The molecule has 0 saturated carbocycles. The molecular weight excluding hydrogens is 404 g/mol. The number of benzene rings is 2. The number of methoxy groups -OCH3 is 2. The maximum atomic E-state index is 13.5. The van der Waals surface area contributed by atoms with Gasteiger partial charge in [0, 0.05) is 12.1 Å². The molecule has 1 fully saturated rings. The molecule has 0 radical (unpaired) electrons. The summed E-state index contributed by atoms with van der Waals surface area (Å²) in [6, 6.07) is 13.7. The summed E-state index contributed by atoms with van der Waals surface area (Å²) < 4.78 is 12.8. The maximum Gasteiger partial charge on any atom is 0.294 e. The van der Waals surface area contributed by atoms with E-state index >= 15 is 0 Å². The Hall–Kier alpha value is -3.35. The van der Waals surface area contributed by atoms with Gasteiger partial charge in [-0.15, -0.1) is 5.10 Å². The fourth-order valence-electron chi connectivity index (χ4n) is 4.44. The lowest BCUT2D eigenvalue weighted by Crippen LogP contribution is -2.31. The van der Waals surface area contributed by atoms with Crippen LogP contribution >= 0.6 is 0 Å². The molecule has 0 N–H and O–H groups in total. The molecule has 1 unspecified atom stereocenters. The van der Waals surface area contributed by atoms with Gasteiger partial charge in [-0.3, -0.25) is 4.79 Å². The predicted molar refractivity (Wildman–Crippen MR) is 123 cm³/mol. The number of carbonyl (C=O) groups excluding carboxylic acids is 1. The van der Waals surface area contributed by atoms with Crippen molar-refractivity contribution < 1.29 is 14.3 Å². The molecule has 1 aliphatic heterocycles. The monoisotopic (exact) mass is 434 g/mol. The van der Waals surface area contributed by atoms with E-state index in [-0.39, 0.29) is 17.8 Å². The van der Waals surface area contributed by atoms with Gasteiger partial charge in [0.15, 0.2) is 0 Å². The number of nitrogens with zero attached hydrogens (tertiary/aromatic N) is 4. The van der Waals surface area contributed by atoms with E-state index in [1.807, 2.05) is 48.2 Å². The van der Waals surface area contributed by atoms with E-state index in [4.69, 9.17) is 9.47 Å². The first-order chi connectivity index (χ1) is 15.4. The van der Waals surface area contributed by atoms with Crippen LogP contribution in [-0.2, 0) is 0 Å². The van der Waals surface area contributed by atoms with E-state index in [0.717, 1.165) is 35.6 Å². The number of amides is 1. The van der Waals surface area contributed by atoms with Crippen molar-refractivity contribution in [3.8, 4) is 17.2 Å². The third-order valence-corrected chi connectivity index (χ3v) is 6.06. The van der Waals surface area contributed by atoms with E-state index in [1.54, 1.807) is 18.9 Å². The number of ether oxygens (including phenoxy) is 2. The largest absolute Gasteiger partial charge is 0.497 e. The van der Waals surface area contributed by atoms with E-state index in [9.17, 15) is 4.79 Å². The molecule has 0 bridgehead atoms. The summed E-state index contributed by atoms with van der Waals surface area (Å²) in [7, 11) is 3.28. The summed E-state index contributed by atoms with van der Waals surface area (Å²) in [5, 5.41) is 4.63. The van der Waals surface area contributed by atoms with Crippen LogP contribution in [0.3, 0.4) is 0 Å². The summed E-state index contributed by atoms with van der Waals surface area (Å²) in [6.07, 6.45) is 1.76. The van der Waals surface area contributed by atoms with Crippen LogP contribution in [0.1, 0.15) is 66.2 Å². The Morgan fingerprint density at radius 3 is 2.62 bits per heavy atom. The lowest BCUT2D eigenvalue weighted by Gasteiger charge is -2.25. The summed E-state index contributed by atoms with van der Waals surface area (Å²) in [5.74, 6) is 2.56. The number of carbonyl (C=O) groups is 1. The Morgan fingerprint density at radius 1 is 1.12 bits per heavy atom. The minimum Gasteiger partial charge on any atom is -0.497 e. The molecule has 0 aliphatic carbocycles. The molecule has 1 saturated heterocycles. The number of rotatable bonds is 6. The van der Waals surface area contributed by atoms with Gasteiger partial charge in [0.25, 0.3) is 5.91 Å². The van der Waals surface area contributed by atoms with Gasteiger partial charge < -0.3 is 14.4 Å². The second-order valence-electron chi connectivity index (χ2n) is 8.37. The van der Waals surface area contributed by atoms with E-state index in [0.29, 0.717) is 18.3 Å². The van der Waals surface area contributed by atoms with Crippen LogP contribution in [-0.4, -0.2) is 46.3 Å². The zero-order chi connectivity index (χ0) is 22.8. The molecule has 1 amide bonds. The molecule has 1 aliphatic rings. The Balaban J connectivity index is 1.68. The minimum absolute atomic E-state index is 0.109. The average molecular weight is 435 g/mol. The second-order valence-corrected chi connectivity index (χ2v) is 8.37. The number of aryl methyl sites for hydroxylation is 1. The Kier molecular flexibility index (Phi) is 6.17. The van der Waals surface area contributed by atoms with Crippen molar-refractivity contribution >= 4 is 5.91 Å². The quantitative estimate of drug-likeness (QED) is 0.563. The number of para-hydroxylation sites is 1. The molecule has 7 nitrogen and oxygen atoms in total. The predicted octanol–water partition coefficient (Wildman–Crippen LogP) is 4.69. The average Bonchev–Trinajstić information content (AvgIpc) is 3.45. The van der Waals surface area contributed by atoms with Crippen molar-refractivity contribution in [1.29, 1.82) is 0 Å². The standard InChI is InChI=1S/C25H30N4O3/c1-16(2)19-9-6-7-10-22(19)29-17(3)26-24(27-29)25(30)28-14-8-11-21(28)20-15-18(31-4)12-13-23(20)32-5/h6-7,9-10,12-13,15-16,21H,8,11,14H2,1-5H3. The Morgan fingerprint density at radius 2 is 1.91 bits per heavy atom. The molecule has 168 valence electrons. The first kappa shape index (κ1) is 21.9. The van der Waals surface area contributed by atoms with Crippen molar-refractivity contribution in [1.82, 2.24) is 19.7 Å². The van der Waals surface area contributed by atoms with E-state index < -0.39 is 0 Å². The SMILES string of the molecule is COc1ccc(OC)c(C2CCCN2C(=O)c2nc(C)n(-c3ccccc3C(C)C)n2)c1. The van der Waals surface area contributed by atoms with Crippen LogP contribution in [0.25, 0.3) is 5.69 Å². The van der Waals surface area contributed by atoms with Crippen LogP contribution in [0.5, 0.6) is 11.5 Å². The van der Waals surface area contributed by atoms with Crippen LogP contribution in [0.15, 0.2) is 42.5 Å². The molecule has 0 spiro atoms. The number of hydrogen-bond acceptors (Lipinski definition) is 5. The van der Waals surface area contributed by atoms with Gasteiger partial charge in [-0.2, -0.15) is 0 Å². The molecule has 3 aromatic rings. The van der Waals surface area contributed by atoms with Gasteiger partial charge in [-0.25, -0.2) is 9.67 Å². The van der Waals surface area contributed by atoms with Crippen LogP contribution < -0.4 is 9.47 Å². The third kappa shape index (κ3) is 3.95. The molecular formula is C25H30N4O3. The molecule has 7 heteroatoms. The molecule has 4 rings (SSSR count). The zero-order valence-electron chi connectivity index (χ0n) is 19.3. The highest BCUT2D eigenvalue weighted by molar-refractivity contribution is 5.91. The normalized spacial score (nSPS) is 15.9. The molecule has 1 atom stereocenters. The molecule has 2 heterocycles. The van der Waals surface area contributed by atoms with Crippen LogP contribution in [0, 0.1) is 6.92 Å². The van der Waals surface area contributed by atoms with Gasteiger partial charge in [-0.05, 0) is 55.5 Å². The van der Waals surface area contributed by atoms with Gasteiger partial charge in [0.2, 0.25) is 5.82 Å². The Bertz CT molecular complexity index is 1120. The highest BCUT2D eigenvalue weighted by Gasteiger charge is 2.34. The molecule has 1 aromatic heterocycles. The van der Waals surface area contributed by atoms with E-state index in [2.05, 4.69) is 30.0 Å². The number of aromatic nitrogens is 3. The highest BCUT2D eigenvalue weighted by Crippen LogP contribution is 2.39. The smallest absolute Gasteiger partial charge is 0.294 e. The van der Waals surface area contributed by atoms with Crippen molar-refractivity contribution in [3.63, 3.8) is 0 Å².